The summed E-state index contributed by atoms with van der Waals surface area (Å²) in [6.45, 7) is 8.53. The second kappa shape index (κ2) is 7.91. The van der Waals surface area contributed by atoms with Crippen LogP contribution in [0.2, 0.25) is 0 Å². The molecule has 4 nitrogen and oxygen atoms in total. The fourth-order valence-electron chi connectivity index (χ4n) is 5.43. The Bertz CT molecular complexity index is 1040. The zero-order chi connectivity index (χ0) is 22.6. The number of rotatable bonds is 6. The van der Waals surface area contributed by atoms with Crippen molar-refractivity contribution >= 4 is 5.97 Å². The molecule has 3 aliphatic rings. The molecule has 170 valence electrons. The van der Waals surface area contributed by atoms with E-state index >= 15 is 0 Å². The van der Waals surface area contributed by atoms with Gasteiger partial charge >= 0.3 is 5.97 Å². The van der Waals surface area contributed by atoms with Gasteiger partial charge in [-0.1, -0.05) is 18.2 Å². The van der Waals surface area contributed by atoms with Gasteiger partial charge in [-0.2, -0.15) is 0 Å². The number of ether oxygens (including phenoxy) is 2. The molecule has 2 aromatic rings. The van der Waals surface area contributed by atoms with Crippen molar-refractivity contribution in [2.75, 3.05) is 6.61 Å². The third kappa shape index (κ3) is 4.17. The van der Waals surface area contributed by atoms with Crippen molar-refractivity contribution in [3.05, 3.63) is 52.6 Å². The van der Waals surface area contributed by atoms with Gasteiger partial charge in [0, 0.05) is 5.56 Å². The van der Waals surface area contributed by atoms with Crippen molar-refractivity contribution < 1.29 is 19.4 Å². The number of aliphatic carboxylic acids is 1. The van der Waals surface area contributed by atoms with Gasteiger partial charge in [0.15, 0.2) is 6.10 Å². The highest BCUT2D eigenvalue weighted by atomic mass is 16.5. The van der Waals surface area contributed by atoms with Crippen LogP contribution in [0.4, 0.5) is 0 Å². The lowest BCUT2D eigenvalue weighted by molar-refractivity contribution is -0.160. The van der Waals surface area contributed by atoms with Crippen molar-refractivity contribution in [2.24, 2.45) is 11.8 Å². The molecular weight excluding hydrogens is 400 g/mol. The minimum absolute atomic E-state index is 0.521. The van der Waals surface area contributed by atoms with E-state index in [1.165, 1.54) is 30.4 Å². The Hall–Kier alpha value is -2.33. The quantitative estimate of drug-likeness (QED) is 0.568. The second-order valence-electron chi connectivity index (χ2n) is 10.8. The monoisotopic (exact) mass is 434 g/mol. The molecule has 2 saturated carbocycles. The van der Waals surface area contributed by atoms with Gasteiger partial charge in [-0.25, -0.2) is 4.79 Å². The molecule has 2 aromatic carbocycles. The van der Waals surface area contributed by atoms with E-state index in [-0.39, 0.29) is 0 Å². The summed E-state index contributed by atoms with van der Waals surface area (Å²) in [4.78, 5) is 12.5. The Labute approximate surface area is 190 Å². The average Bonchev–Trinajstić information content (AvgIpc) is 3.64. The van der Waals surface area contributed by atoms with Crippen LogP contribution in [0.5, 0.6) is 5.75 Å². The molecule has 32 heavy (non-hydrogen) atoms. The van der Waals surface area contributed by atoms with Crippen LogP contribution in [0.1, 0.15) is 80.7 Å². The van der Waals surface area contributed by atoms with Gasteiger partial charge in [-0.05, 0) is 118 Å². The second-order valence-corrected chi connectivity index (χ2v) is 10.8. The molecule has 1 N–H and O–H groups in total. The predicted molar refractivity (Wildman–Crippen MR) is 125 cm³/mol. The van der Waals surface area contributed by atoms with E-state index in [0.29, 0.717) is 5.92 Å². The van der Waals surface area contributed by atoms with E-state index in [0.717, 1.165) is 59.3 Å². The third-order valence-corrected chi connectivity index (χ3v) is 7.12. The molecular formula is C28H34O4. The molecule has 0 saturated heterocycles. The highest BCUT2D eigenvalue weighted by molar-refractivity contribution is 5.83. The fourth-order valence-corrected chi connectivity index (χ4v) is 5.43. The molecule has 1 unspecified atom stereocenters. The van der Waals surface area contributed by atoms with Crippen LogP contribution in [0.25, 0.3) is 11.1 Å². The first-order chi connectivity index (χ1) is 15.2. The summed E-state index contributed by atoms with van der Waals surface area (Å²) >= 11 is 0. The summed E-state index contributed by atoms with van der Waals surface area (Å²) < 4.78 is 12.0. The normalized spacial score (nSPS) is 23.2. The molecule has 5 rings (SSSR count). The van der Waals surface area contributed by atoms with Gasteiger partial charge < -0.3 is 14.6 Å². The Morgan fingerprint density at radius 1 is 1.19 bits per heavy atom. The standard InChI is InChI=1S/C28H34O4/c1-16-7-11-20(22-15-21(22)17-8-9-17)25(24(16)26(27(29)30)32-28(2,3)4)19-10-12-23-18(14-19)6-5-13-31-23/h7,10-12,14,17,21-22,26H,5-6,8-9,13,15H2,1-4H3,(H,29,30)/t21-,22-,26?/m0/s1. The number of benzene rings is 2. The first-order valence-corrected chi connectivity index (χ1v) is 12.0. The van der Waals surface area contributed by atoms with Gasteiger partial charge in [0.1, 0.15) is 5.75 Å². The smallest absolute Gasteiger partial charge is 0.337 e. The zero-order valence-electron chi connectivity index (χ0n) is 19.6. The Morgan fingerprint density at radius 2 is 1.97 bits per heavy atom. The van der Waals surface area contributed by atoms with Crippen LogP contribution < -0.4 is 4.74 Å². The molecule has 0 amide bonds. The van der Waals surface area contributed by atoms with Gasteiger partial charge in [0.05, 0.1) is 12.2 Å². The van der Waals surface area contributed by atoms with Crippen LogP contribution in [0, 0.1) is 18.8 Å². The van der Waals surface area contributed by atoms with Crippen molar-refractivity contribution in [3.63, 3.8) is 0 Å². The number of carbonyl (C=O) groups is 1. The summed E-state index contributed by atoms with van der Waals surface area (Å²) in [5.41, 5.74) is 5.88. The van der Waals surface area contributed by atoms with E-state index in [1.54, 1.807) is 0 Å². The summed E-state index contributed by atoms with van der Waals surface area (Å²) in [7, 11) is 0. The maximum atomic E-state index is 12.5. The van der Waals surface area contributed by atoms with E-state index in [1.807, 2.05) is 27.7 Å². The van der Waals surface area contributed by atoms with Crippen molar-refractivity contribution in [2.45, 2.75) is 77.4 Å². The number of hydrogen-bond acceptors (Lipinski definition) is 3. The van der Waals surface area contributed by atoms with Crippen LogP contribution in [-0.4, -0.2) is 23.3 Å². The summed E-state index contributed by atoms with van der Waals surface area (Å²) in [5, 5.41) is 10.2. The Morgan fingerprint density at radius 3 is 2.66 bits per heavy atom. The molecule has 0 radical (unpaired) electrons. The van der Waals surface area contributed by atoms with Crippen LogP contribution in [-0.2, 0) is 16.0 Å². The molecule has 0 bridgehead atoms. The van der Waals surface area contributed by atoms with Gasteiger partial charge in [-0.3, -0.25) is 0 Å². The number of fused-ring (bicyclic) bond motifs is 1. The third-order valence-electron chi connectivity index (χ3n) is 7.12. The van der Waals surface area contributed by atoms with E-state index in [9.17, 15) is 9.90 Å². The fraction of sp³-hybridized carbons (Fsp3) is 0.536. The molecule has 2 aliphatic carbocycles. The van der Waals surface area contributed by atoms with Crippen molar-refractivity contribution in [3.8, 4) is 16.9 Å². The topological polar surface area (TPSA) is 55.8 Å². The highest BCUT2D eigenvalue weighted by Crippen LogP contribution is 2.61. The van der Waals surface area contributed by atoms with E-state index < -0.39 is 17.7 Å². The Balaban J connectivity index is 1.68. The van der Waals surface area contributed by atoms with E-state index in [2.05, 4.69) is 30.3 Å². The maximum absolute atomic E-state index is 12.5. The highest BCUT2D eigenvalue weighted by Gasteiger charge is 2.49. The van der Waals surface area contributed by atoms with Crippen molar-refractivity contribution in [1.29, 1.82) is 0 Å². The predicted octanol–water partition coefficient (Wildman–Crippen LogP) is 6.44. The first-order valence-electron chi connectivity index (χ1n) is 12.0. The van der Waals surface area contributed by atoms with Crippen molar-refractivity contribution in [1.82, 2.24) is 0 Å². The lowest BCUT2D eigenvalue weighted by atomic mass is 9.85. The van der Waals surface area contributed by atoms with E-state index in [4.69, 9.17) is 9.47 Å². The molecule has 3 atom stereocenters. The number of carboxylic acids is 1. The lowest BCUT2D eigenvalue weighted by Crippen LogP contribution is -2.28. The van der Waals surface area contributed by atoms with Crippen LogP contribution >= 0.6 is 0 Å². The Kier molecular flexibility index (Phi) is 5.32. The minimum atomic E-state index is -1.00. The first kappa shape index (κ1) is 21.5. The molecule has 2 fully saturated rings. The number of hydrogen-bond donors (Lipinski definition) is 1. The average molecular weight is 435 g/mol. The molecule has 0 aromatic heterocycles. The zero-order valence-corrected chi connectivity index (χ0v) is 19.6. The summed E-state index contributed by atoms with van der Waals surface area (Å²) in [6.07, 6.45) is 4.91. The van der Waals surface area contributed by atoms with Crippen LogP contribution in [0.3, 0.4) is 0 Å². The number of aryl methyl sites for hydroxylation is 2. The van der Waals surface area contributed by atoms with Crippen LogP contribution in [0.15, 0.2) is 30.3 Å². The van der Waals surface area contributed by atoms with Gasteiger partial charge in [0.2, 0.25) is 0 Å². The summed E-state index contributed by atoms with van der Waals surface area (Å²) in [5.74, 6) is 2.15. The largest absolute Gasteiger partial charge is 0.493 e. The SMILES string of the molecule is Cc1ccc([C@@H]2C[C@H]2C2CC2)c(-c2ccc3c(c2)CCCO3)c1C(OC(C)(C)C)C(=O)O. The molecule has 4 heteroatoms. The lowest BCUT2D eigenvalue weighted by Gasteiger charge is -2.29. The minimum Gasteiger partial charge on any atom is -0.493 e. The molecule has 1 aliphatic heterocycles. The summed E-state index contributed by atoms with van der Waals surface area (Å²) in [6, 6.07) is 10.7. The van der Waals surface area contributed by atoms with Gasteiger partial charge in [0.25, 0.3) is 0 Å². The number of carboxylic acid groups (broad SMARTS) is 1. The molecule has 0 spiro atoms. The molecule has 1 heterocycles. The van der Waals surface area contributed by atoms with Gasteiger partial charge in [-0.15, -0.1) is 0 Å². The maximum Gasteiger partial charge on any atom is 0.337 e.